The topological polar surface area (TPSA) is 69.4 Å². The van der Waals surface area contributed by atoms with Crippen LogP contribution in [0.3, 0.4) is 0 Å². The Balaban J connectivity index is 2.35. The van der Waals surface area contributed by atoms with Crippen molar-refractivity contribution in [3.63, 3.8) is 0 Å². The Bertz CT molecular complexity index is 607. The number of hydrogen-bond acceptors (Lipinski definition) is 2. The second-order valence-electron chi connectivity index (χ2n) is 3.81. The molecule has 2 rings (SSSR count). The summed E-state index contributed by atoms with van der Waals surface area (Å²) in [6.45, 7) is 0. The maximum atomic E-state index is 12.5. The number of carbonyl (C=O) groups is 1. The third-order valence-corrected chi connectivity index (χ3v) is 4.62. The van der Waals surface area contributed by atoms with E-state index in [9.17, 15) is 9.35 Å². The number of nitrogens with two attached hydrogens (primary N) is 1. The molecule has 1 atom stereocenters. The van der Waals surface area contributed by atoms with Crippen LogP contribution in [0.25, 0.3) is 0 Å². The monoisotopic (exact) mass is 372 g/mol. The Morgan fingerprint density at radius 1 is 1.15 bits per heavy atom. The molecule has 0 aromatic heterocycles. The molecule has 0 aliphatic rings. The van der Waals surface area contributed by atoms with Gasteiger partial charge in [-0.3, -0.25) is 0 Å². The first-order valence-corrected chi connectivity index (χ1v) is 7.79. The van der Waals surface area contributed by atoms with Gasteiger partial charge in [0.2, 0.25) is 0 Å². The average Bonchev–Trinajstić information content (AvgIpc) is 2.41. The van der Waals surface area contributed by atoms with Crippen molar-refractivity contribution in [1.82, 2.24) is 0 Å². The van der Waals surface area contributed by atoms with Crippen molar-refractivity contribution in [3.8, 4) is 0 Å². The van der Waals surface area contributed by atoms with E-state index in [0.29, 0.717) is 15.6 Å². The summed E-state index contributed by atoms with van der Waals surface area (Å²) < 4.78 is 14.3. The number of rotatable bonds is 3. The van der Waals surface area contributed by atoms with Gasteiger partial charge in [0, 0.05) is 9.50 Å². The van der Waals surface area contributed by atoms with Crippen molar-refractivity contribution in [1.29, 1.82) is 0 Å². The number of anilines is 1. The Morgan fingerprint density at radius 3 is 2.20 bits per heavy atom. The van der Waals surface area contributed by atoms with Crippen LogP contribution < -0.4 is 10.0 Å². The molecule has 0 radical (unpaired) electrons. The van der Waals surface area contributed by atoms with E-state index in [1.54, 1.807) is 48.5 Å². The minimum atomic E-state index is -1.72. The van der Waals surface area contributed by atoms with Crippen LogP contribution >= 0.6 is 27.5 Å². The number of nitrogens with zero attached hydrogens (tertiary/aromatic N) is 1. The lowest BCUT2D eigenvalue weighted by atomic mass is 10.3. The normalized spacial score (nSPS) is 11.9. The molecule has 2 N–H and O–H groups in total. The largest absolute Gasteiger partial charge is 0.587 e. The number of halogens is 2. The van der Waals surface area contributed by atoms with Crippen LogP contribution in [0.4, 0.5) is 10.5 Å². The van der Waals surface area contributed by atoms with Crippen molar-refractivity contribution in [2.24, 2.45) is 5.73 Å². The summed E-state index contributed by atoms with van der Waals surface area (Å²) in [6, 6.07) is 12.4. The van der Waals surface area contributed by atoms with Crippen LogP contribution in [0.15, 0.2) is 57.9 Å². The fourth-order valence-corrected chi connectivity index (χ4v) is 2.98. The molecular formula is C13H10BrClN2O2S. The van der Waals surface area contributed by atoms with Crippen molar-refractivity contribution in [2.75, 3.05) is 4.31 Å². The van der Waals surface area contributed by atoms with Crippen LogP contribution in [0.2, 0.25) is 5.02 Å². The van der Waals surface area contributed by atoms with E-state index in [-0.39, 0.29) is 0 Å². The highest BCUT2D eigenvalue weighted by Crippen LogP contribution is 2.25. The van der Waals surface area contributed by atoms with Gasteiger partial charge in [0.25, 0.3) is 0 Å². The lowest BCUT2D eigenvalue weighted by Crippen LogP contribution is -2.40. The maximum Gasteiger partial charge on any atom is 0.361 e. The van der Waals surface area contributed by atoms with E-state index in [0.717, 1.165) is 8.78 Å². The molecule has 0 aliphatic heterocycles. The maximum absolute atomic E-state index is 12.5. The summed E-state index contributed by atoms with van der Waals surface area (Å²) in [7, 11) is 0. The Kier molecular flexibility index (Phi) is 4.93. The standard InChI is InChI=1S/C13H10BrClN2O2S/c14-9-1-7-12(8-2-9)20(19)17(13(16)18)11-5-3-10(15)4-6-11/h1-8H,(H2,16,18). The molecule has 7 heteroatoms. The van der Waals surface area contributed by atoms with E-state index in [1.165, 1.54) is 0 Å². The molecule has 0 bridgehead atoms. The molecule has 2 aromatic carbocycles. The lowest BCUT2D eigenvalue weighted by molar-refractivity contribution is 0.257. The van der Waals surface area contributed by atoms with Crippen LogP contribution in [0.5, 0.6) is 0 Å². The van der Waals surface area contributed by atoms with Crippen molar-refractivity contribution in [2.45, 2.75) is 4.90 Å². The second-order valence-corrected chi connectivity index (χ2v) is 6.50. The van der Waals surface area contributed by atoms with Crippen LogP contribution in [-0.4, -0.2) is 10.6 Å². The van der Waals surface area contributed by atoms with Gasteiger partial charge in [-0.2, -0.15) is 0 Å². The molecule has 0 saturated heterocycles. The van der Waals surface area contributed by atoms with Gasteiger partial charge in [-0.25, -0.2) is 4.79 Å². The molecule has 1 unspecified atom stereocenters. The van der Waals surface area contributed by atoms with E-state index >= 15 is 0 Å². The van der Waals surface area contributed by atoms with Crippen molar-refractivity contribution >= 4 is 50.6 Å². The minimum Gasteiger partial charge on any atom is -0.587 e. The zero-order chi connectivity index (χ0) is 14.7. The molecule has 104 valence electrons. The smallest absolute Gasteiger partial charge is 0.361 e. The van der Waals surface area contributed by atoms with Gasteiger partial charge in [0.1, 0.15) is 11.4 Å². The number of carbonyl (C=O) groups excluding carboxylic acids is 1. The molecular weight excluding hydrogens is 364 g/mol. The number of primary amides is 1. The minimum absolute atomic E-state index is 0.420. The van der Waals surface area contributed by atoms with Crippen LogP contribution in [0, 0.1) is 0 Å². The first-order chi connectivity index (χ1) is 9.49. The molecule has 2 amide bonds. The van der Waals surface area contributed by atoms with E-state index < -0.39 is 17.4 Å². The van der Waals surface area contributed by atoms with Crippen molar-refractivity contribution in [3.05, 3.63) is 58.0 Å². The lowest BCUT2D eigenvalue weighted by Gasteiger charge is -2.21. The molecule has 0 saturated carbocycles. The zero-order valence-corrected chi connectivity index (χ0v) is 13.3. The van der Waals surface area contributed by atoms with Crippen molar-refractivity contribution < 1.29 is 9.35 Å². The molecule has 0 heterocycles. The Hall–Kier alpha value is -1.21. The molecule has 2 aromatic rings. The van der Waals surface area contributed by atoms with E-state index in [1.807, 2.05) is 0 Å². The molecule has 0 fully saturated rings. The fraction of sp³-hybridized carbons (Fsp3) is 0. The summed E-state index contributed by atoms with van der Waals surface area (Å²) in [4.78, 5) is 12.1. The number of urea groups is 1. The van der Waals surface area contributed by atoms with E-state index in [2.05, 4.69) is 15.9 Å². The van der Waals surface area contributed by atoms with Gasteiger partial charge >= 0.3 is 6.03 Å². The van der Waals surface area contributed by atoms with Gasteiger partial charge in [0.15, 0.2) is 4.90 Å². The van der Waals surface area contributed by atoms with Gasteiger partial charge in [-0.15, -0.1) is 4.31 Å². The van der Waals surface area contributed by atoms with Gasteiger partial charge in [-0.1, -0.05) is 27.5 Å². The highest BCUT2D eigenvalue weighted by atomic mass is 79.9. The number of amides is 2. The zero-order valence-electron chi connectivity index (χ0n) is 10.1. The van der Waals surface area contributed by atoms with Gasteiger partial charge < -0.3 is 10.3 Å². The SMILES string of the molecule is NC(=O)N(c1ccc(Cl)cc1)[S+]([O-])c1ccc(Br)cc1. The third kappa shape index (κ3) is 3.46. The Morgan fingerprint density at radius 2 is 1.70 bits per heavy atom. The van der Waals surface area contributed by atoms with Crippen LogP contribution in [-0.2, 0) is 11.4 Å². The first-order valence-electron chi connectivity index (χ1n) is 5.51. The molecule has 0 spiro atoms. The quantitative estimate of drug-likeness (QED) is 0.833. The number of hydrogen-bond donors (Lipinski definition) is 1. The highest BCUT2D eigenvalue weighted by molar-refractivity contribution is 9.10. The fourth-order valence-electron chi connectivity index (χ4n) is 1.54. The predicted octanol–water partition coefficient (Wildman–Crippen LogP) is 3.71. The number of benzene rings is 2. The van der Waals surface area contributed by atoms with Crippen LogP contribution in [0.1, 0.15) is 0 Å². The summed E-state index contributed by atoms with van der Waals surface area (Å²) in [5.41, 5.74) is 5.75. The third-order valence-electron chi connectivity index (χ3n) is 2.44. The predicted molar refractivity (Wildman–Crippen MR) is 84.1 cm³/mol. The summed E-state index contributed by atoms with van der Waals surface area (Å²) in [6.07, 6.45) is 0. The summed E-state index contributed by atoms with van der Waals surface area (Å²) in [5, 5.41) is 0.521. The summed E-state index contributed by atoms with van der Waals surface area (Å²) >= 11 is 7.37. The average molecular weight is 374 g/mol. The second kappa shape index (κ2) is 6.49. The molecule has 0 aliphatic carbocycles. The molecule has 4 nitrogen and oxygen atoms in total. The van der Waals surface area contributed by atoms with Gasteiger partial charge in [-0.05, 0) is 48.5 Å². The summed E-state index contributed by atoms with van der Waals surface area (Å²) in [5.74, 6) is 0. The molecule has 20 heavy (non-hydrogen) atoms. The first kappa shape index (κ1) is 15.2. The van der Waals surface area contributed by atoms with Gasteiger partial charge in [0.05, 0.1) is 5.69 Å². The Labute approximate surface area is 133 Å². The van der Waals surface area contributed by atoms with E-state index in [4.69, 9.17) is 17.3 Å². The highest BCUT2D eigenvalue weighted by Gasteiger charge is 2.28.